The molecule has 0 aromatic heterocycles. The summed E-state index contributed by atoms with van der Waals surface area (Å²) in [4.78, 5) is 14.5. The Kier molecular flexibility index (Phi) is 7.00. The highest BCUT2D eigenvalue weighted by Gasteiger charge is 2.26. The number of halogens is 2. The number of carbonyl (C=O) groups is 1. The topological polar surface area (TPSA) is 32.3 Å². The molecule has 1 saturated heterocycles. The summed E-state index contributed by atoms with van der Waals surface area (Å²) >= 11 is 12.5. The molecule has 0 bridgehead atoms. The van der Waals surface area contributed by atoms with Crippen LogP contribution in [0.3, 0.4) is 0 Å². The van der Waals surface area contributed by atoms with Crippen molar-refractivity contribution in [1.82, 2.24) is 10.2 Å². The van der Waals surface area contributed by atoms with Crippen LogP contribution in [0.25, 0.3) is 0 Å². The van der Waals surface area contributed by atoms with E-state index in [0.717, 1.165) is 50.9 Å². The molecule has 3 nitrogen and oxygen atoms in total. The molecule has 2 rings (SSSR count). The fraction of sp³-hybridized carbons (Fsp3) is 0.588. The molecule has 5 heteroatoms. The van der Waals surface area contributed by atoms with Gasteiger partial charge in [0.1, 0.15) is 0 Å². The molecule has 1 aliphatic heterocycles. The van der Waals surface area contributed by atoms with Crippen molar-refractivity contribution in [2.75, 3.05) is 19.6 Å². The molecule has 22 heavy (non-hydrogen) atoms. The van der Waals surface area contributed by atoms with Gasteiger partial charge in [-0.15, -0.1) is 0 Å². The Balaban J connectivity index is 1.92. The zero-order valence-corrected chi connectivity index (χ0v) is 14.6. The number of piperidine rings is 1. The molecule has 1 aliphatic rings. The Morgan fingerprint density at radius 2 is 2.09 bits per heavy atom. The van der Waals surface area contributed by atoms with Crippen LogP contribution in [0.15, 0.2) is 18.2 Å². The molecular formula is C17H24Cl2N2O. The average molecular weight is 343 g/mol. The Bertz CT molecular complexity index is 487. The van der Waals surface area contributed by atoms with Gasteiger partial charge in [0.05, 0.1) is 5.92 Å². The summed E-state index contributed by atoms with van der Waals surface area (Å²) in [5.41, 5.74) is 0.956. The SMILES string of the molecule is CCCCNC(=O)[C@H]1CCCN(Cc2c(Cl)cccc2Cl)C1. The van der Waals surface area contributed by atoms with Crippen LogP contribution >= 0.6 is 23.2 Å². The number of nitrogens with one attached hydrogen (secondary N) is 1. The lowest BCUT2D eigenvalue weighted by Crippen LogP contribution is -2.43. The van der Waals surface area contributed by atoms with Crippen LogP contribution in [-0.2, 0) is 11.3 Å². The van der Waals surface area contributed by atoms with Crippen molar-refractivity contribution in [1.29, 1.82) is 0 Å². The van der Waals surface area contributed by atoms with E-state index in [1.165, 1.54) is 0 Å². The lowest BCUT2D eigenvalue weighted by molar-refractivity contribution is -0.126. The highest BCUT2D eigenvalue weighted by molar-refractivity contribution is 6.35. The van der Waals surface area contributed by atoms with Crippen LogP contribution in [0.2, 0.25) is 10.0 Å². The van der Waals surface area contributed by atoms with Gasteiger partial charge in [-0.2, -0.15) is 0 Å². The monoisotopic (exact) mass is 342 g/mol. The van der Waals surface area contributed by atoms with Crippen LogP contribution in [0, 0.1) is 5.92 Å². The molecule has 1 atom stereocenters. The maximum Gasteiger partial charge on any atom is 0.224 e. The second-order valence-corrected chi connectivity index (χ2v) is 6.73. The van der Waals surface area contributed by atoms with E-state index in [2.05, 4.69) is 17.1 Å². The molecular weight excluding hydrogens is 319 g/mol. The van der Waals surface area contributed by atoms with E-state index in [4.69, 9.17) is 23.2 Å². The number of carbonyl (C=O) groups excluding carboxylic acids is 1. The van der Waals surface area contributed by atoms with Crippen LogP contribution in [0.5, 0.6) is 0 Å². The number of rotatable bonds is 6. The van der Waals surface area contributed by atoms with E-state index in [9.17, 15) is 4.79 Å². The largest absolute Gasteiger partial charge is 0.356 e. The van der Waals surface area contributed by atoms with Crippen LogP contribution in [0.4, 0.5) is 0 Å². The second-order valence-electron chi connectivity index (χ2n) is 5.92. The number of hydrogen-bond donors (Lipinski definition) is 1. The summed E-state index contributed by atoms with van der Waals surface area (Å²) in [5, 5.41) is 4.44. The molecule has 1 aromatic carbocycles. The van der Waals surface area contributed by atoms with Gasteiger partial charge < -0.3 is 5.32 Å². The van der Waals surface area contributed by atoms with E-state index < -0.39 is 0 Å². The van der Waals surface area contributed by atoms with E-state index in [-0.39, 0.29) is 11.8 Å². The lowest BCUT2D eigenvalue weighted by atomic mass is 9.96. The molecule has 0 radical (unpaired) electrons. The zero-order chi connectivity index (χ0) is 15.9. The van der Waals surface area contributed by atoms with Crippen molar-refractivity contribution < 1.29 is 4.79 Å². The summed E-state index contributed by atoms with van der Waals surface area (Å²) in [6.07, 6.45) is 4.14. The van der Waals surface area contributed by atoms with Gasteiger partial charge in [0.25, 0.3) is 0 Å². The Morgan fingerprint density at radius 3 is 2.77 bits per heavy atom. The van der Waals surface area contributed by atoms with E-state index in [1.807, 2.05) is 18.2 Å². The molecule has 0 spiro atoms. The van der Waals surface area contributed by atoms with Gasteiger partial charge in [-0.25, -0.2) is 0 Å². The smallest absolute Gasteiger partial charge is 0.224 e. The number of unbranched alkanes of at least 4 members (excludes halogenated alkanes) is 1. The van der Waals surface area contributed by atoms with E-state index in [0.29, 0.717) is 16.6 Å². The van der Waals surface area contributed by atoms with Gasteiger partial charge in [-0.1, -0.05) is 42.6 Å². The minimum Gasteiger partial charge on any atom is -0.356 e. The van der Waals surface area contributed by atoms with E-state index >= 15 is 0 Å². The summed E-state index contributed by atoms with van der Waals surface area (Å²) in [6.45, 7) is 5.38. The predicted molar refractivity (Wildman–Crippen MR) is 92.4 cm³/mol. The fourth-order valence-electron chi connectivity index (χ4n) is 2.85. The predicted octanol–water partition coefficient (Wildman–Crippen LogP) is 4.12. The first-order valence-electron chi connectivity index (χ1n) is 8.04. The summed E-state index contributed by atoms with van der Waals surface area (Å²) < 4.78 is 0. The molecule has 122 valence electrons. The molecule has 0 unspecified atom stereocenters. The first-order valence-corrected chi connectivity index (χ1v) is 8.80. The first kappa shape index (κ1) is 17.6. The average Bonchev–Trinajstić information content (AvgIpc) is 2.51. The summed E-state index contributed by atoms with van der Waals surface area (Å²) in [6, 6.07) is 5.58. The van der Waals surface area contributed by atoms with Crippen molar-refractivity contribution in [3.05, 3.63) is 33.8 Å². The molecule has 1 N–H and O–H groups in total. The maximum atomic E-state index is 12.2. The Hall–Kier alpha value is -0.770. The Morgan fingerprint density at radius 1 is 1.36 bits per heavy atom. The second kappa shape index (κ2) is 8.76. The molecule has 1 fully saturated rings. The standard InChI is InChI=1S/C17H24Cl2N2O/c1-2-3-9-20-17(22)13-6-5-10-21(11-13)12-14-15(18)7-4-8-16(14)19/h4,7-8,13H,2-3,5-6,9-12H2,1H3,(H,20,22)/t13-/m0/s1. The summed E-state index contributed by atoms with van der Waals surface area (Å²) in [7, 11) is 0. The Labute approximate surface area is 143 Å². The molecule has 0 aliphatic carbocycles. The molecule has 1 heterocycles. The normalized spacial score (nSPS) is 19.1. The van der Waals surface area contributed by atoms with Gasteiger partial charge >= 0.3 is 0 Å². The maximum absolute atomic E-state index is 12.2. The number of likely N-dealkylation sites (tertiary alicyclic amines) is 1. The number of hydrogen-bond acceptors (Lipinski definition) is 2. The van der Waals surface area contributed by atoms with Crippen molar-refractivity contribution in [2.24, 2.45) is 5.92 Å². The first-order chi connectivity index (χ1) is 10.6. The van der Waals surface area contributed by atoms with Gasteiger partial charge in [0, 0.05) is 35.2 Å². The fourth-order valence-corrected chi connectivity index (χ4v) is 3.37. The van der Waals surface area contributed by atoms with Crippen molar-refractivity contribution >= 4 is 29.1 Å². The van der Waals surface area contributed by atoms with Crippen LogP contribution in [0.1, 0.15) is 38.2 Å². The highest BCUT2D eigenvalue weighted by Crippen LogP contribution is 2.27. The van der Waals surface area contributed by atoms with E-state index in [1.54, 1.807) is 0 Å². The lowest BCUT2D eigenvalue weighted by Gasteiger charge is -2.32. The van der Waals surface area contributed by atoms with Crippen molar-refractivity contribution in [3.63, 3.8) is 0 Å². The van der Waals surface area contributed by atoms with Crippen LogP contribution in [-0.4, -0.2) is 30.4 Å². The van der Waals surface area contributed by atoms with Crippen molar-refractivity contribution in [3.8, 4) is 0 Å². The van der Waals surface area contributed by atoms with Gasteiger partial charge in [-0.3, -0.25) is 9.69 Å². The number of nitrogens with zero attached hydrogens (tertiary/aromatic N) is 1. The van der Waals surface area contributed by atoms with Gasteiger partial charge in [-0.05, 0) is 37.9 Å². The van der Waals surface area contributed by atoms with Crippen molar-refractivity contribution in [2.45, 2.75) is 39.2 Å². The molecule has 0 saturated carbocycles. The summed E-state index contributed by atoms with van der Waals surface area (Å²) in [5.74, 6) is 0.260. The van der Waals surface area contributed by atoms with Gasteiger partial charge in [0.15, 0.2) is 0 Å². The third kappa shape index (κ3) is 4.87. The minimum atomic E-state index is 0.0758. The quantitative estimate of drug-likeness (QED) is 0.788. The number of amides is 1. The molecule has 1 aromatic rings. The number of benzene rings is 1. The zero-order valence-electron chi connectivity index (χ0n) is 13.1. The van der Waals surface area contributed by atoms with Crippen LogP contribution < -0.4 is 5.32 Å². The van der Waals surface area contributed by atoms with Gasteiger partial charge in [0.2, 0.25) is 5.91 Å². The third-order valence-electron chi connectivity index (χ3n) is 4.15. The highest BCUT2D eigenvalue weighted by atomic mass is 35.5. The third-order valence-corrected chi connectivity index (χ3v) is 4.86. The minimum absolute atomic E-state index is 0.0758. The molecule has 1 amide bonds.